The normalized spacial score (nSPS) is 10.4. The van der Waals surface area contributed by atoms with Gasteiger partial charge in [-0.15, -0.1) is 0 Å². The summed E-state index contributed by atoms with van der Waals surface area (Å²) in [5, 5.41) is 11.5. The highest BCUT2D eigenvalue weighted by Gasteiger charge is 2.09. The molecule has 0 atom stereocenters. The third kappa shape index (κ3) is 8.69. The molecule has 3 aromatic rings. The van der Waals surface area contributed by atoms with Crippen LogP contribution in [0.4, 0.5) is 0 Å². The van der Waals surface area contributed by atoms with Crippen molar-refractivity contribution >= 4 is 11.9 Å². The fourth-order valence-corrected chi connectivity index (χ4v) is 3.25. The number of benzene rings is 3. The van der Waals surface area contributed by atoms with Crippen molar-refractivity contribution in [1.82, 2.24) is 5.32 Å². The van der Waals surface area contributed by atoms with E-state index >= 15 is 0 Å². The van der Waals surface area contributed by atoms with Crippen LogP contribution in [0.5, 0.6) is 11.5 Å². The van der Waals surface area contributed by atoms with Crippen molar-refractivity contribution in [2.45, 2.75) is 38.9 Å². The summed E-state index contributed by atoms with van der Waals surface area (Å²) >= 11 is 0. The molecule has 3 rings (SSSR count). The Morgan fingerprint density at radius 3 is 1.94 bits per heavy atom. The minimum absolute atomic E-state index is 0.0000231. The number of carbonyl (C=O) groups is 2. The fraction of sp³-hybridized carbons (Fsp3) is 0.259. The van der Waals surface area contributed by atoms with Gasteiger partial charge in [0, 0.05) is 19.4 Å². The van der Waals surface area contributed by atoms with E-state index in [1.165, 1.54) is 0 Å². The first-order chi connectivity index (χ1) is 16.1. The lowest BCUT2D eigenvalue weighted by molar-refractivity contribution is -0.137. The molecule has 172 valence electrons. The maximum Gasteiger partial charge on any atom is 0.303 e. The van der Waals surface area contributed by atoms with E-state index in [1.807, 2.05) is 78.9 Å². The average Bonchev–Trinajstić information content (AvgIpc) is 2.83. The zero-order valence-electron chi connectivity index (χ0n) is 18.5. The number of ether oxygens (including phenoxy) is 2. The van der Waals surface area contributed by atoms with E-state index < -0.39 is 5.97 Å². The largest absolute Gasteiger partial charge is 0.485 e. The first kappa shape index (κ1) is 23.9. The standard InChI is InChI=1S/C27H29NO5/c29-26(12-7-13-27(30)31)28-17-16-21-14-15-24(32-19-22-8-3-1-4-9-22)25(18-21)33-20-23-10-5-2-6-11-23/h1-6,8-11,14-15,18H,7,12-13,16-17,19-20H2,(H,28,29)(H,30,31). The summed E-state index contributed by atoms with van der Waals surface area (Å²) in [7, 11) is 0. The van der Waals surface area contributed by atoms with Gasteiger partial charge in [-0.05, 0) is 41.7 Å². The molecule has 1 amide bonds. The number of carbonyl (C=O) groups excluding carboxylic acids is 1. The van der Waals surface area contributed by atoms with E-state index in [0.29, 0.717) is 44.1 Å². The number of carboxylic acid groups (broad SMARTS) is 1. The van der Waals surface area contributed by atoms with Gasteiger partial charge in [0.15, 0.2) is 11.5 Å². The summed E-state index contributed by atoms with van der Waals surface area (Å²) in [5.41, 5.74) is 3.14. The van der Waals surface area contributed by atoms with Crippen LogP contribution in [0.1, 0.15) is 36.0 Å². The Bertz CT molecular complexity index is 1020. The van der Waals surface area contributed by atoms with Crippen LogP contribution in [0.15, 0.2) is 78.9 Å². The van der Waals surface area contributed by atoms with E-state index in [1.54, 1.807) is 0 Å². The molecule has 2 N–H and O–H groups in total. The maximum atomic E-state index is 11.9. The summed E-state index contributed by atoms with van der Waals surface area (Å²) in [6.07, 6.45) is 1.18. The molecule has 0 bridgehead atoms. The first-order valence-corrected chi connectivity index (χ1v) is 11.0. The Kier molecular flexibility index (Phi) is 9.33. The topological polar surface area (TPSA) is 84.9 Å². The Morgan fingerprint density at radius 1 is 0.727 bits per heavy atom. The second kappa shape index (κ2) is 12.9. The van der Waals surface area contributed by atoms with E-state index in [4.69, 9.17) is 14.6 Å². The van der Waals surface area contributed by atoms with Gasteiger partial charge in [-0.3, -0.25) is 9.59 Å². The zero-order valence-corrected chi connectivity index (χ0v) is 18.5. The van der Waals surface area contributed by atoms with Crippen LogP contribution in [0.25, 0.3) is 0 Å². The molecule has 3 aromatic carbocycles. The van der Waals surface area contributed by atoms with Gasteiger partial charge in [0.2, 0.25) is 5.91 Å². The molecule has 0 fully saturated rings. The molecule has 0 unspecified atom stereocenters. The molecule has 0 aliphatic rings. The Morgan fingerprint density at radius 2 is 1.33 bits per heavy atom. The fourth-order valence-electron chi connectivity index (χ4n) is 3.25. The van der Waals surface area contributed by atoms with Crippen molar-refractivity contribution < 1.29 is 24.2 Å². The number of hydrogen-bond acceptors (Lipinski definition) is 4. The van der Waals surface area contributed by atoms with Crippen molar-refractivity contribution in [1.29, 1.82) is 0 Å². The van der Waals surface area contributed by atoms with Gasteiger partial charge >= 0.3 is 5.97 Å². The minimum Gasteiger partial charge on any atom is -0.485 e. The molecule has 6 nitrogen and oxygen atoms in total. The van der Waals surface area contributed by atoms with Crippen molar-refractivity contribution in [2.24, 2.45) is 0 Å². The summed E-state index contributed by atoms with van der Waals surface area (Å²) < 4.78 is 12.1. The lowest BCUT2D eigenvalue weighted by Crippen LogP contribution is -2.25. The second-order valence-electron chi connectivity index (χ2n) is 7.68. The molecular formula is C27H29NO5. The van der Waals surface area contributed by atoms with Gasteiger partial charge in [-0.2, -0.15) is 0 Å². The third-order valence-electron chi connectivity index (χ3n) is 5.01. The SMILES string of the molecule is O=C(O)CCCC(=O)NCCc1ccc(OCc2ccccc2)c(OCc2ccccc2)c1. The highest BCUT2D eigenvalue weighted by Crippen LogP contribution is 2.30. The molecule has 0 saturated heterocycles. The van der Waals surface area contributed by atoms with Gasteiger partial charge in [-0.1, -0.05) is 66.7 Å². The number of rotatable bonds is 13. The van der Waals surface area contributed by atoms with Crippen molar-refractivity contribution in [3.8, 4) is 11.5 Å². The van der Waals surface area contributed by atoms with Crippen LogP contribution in [0.3, 0.4) is 0 Å². The molecular weight excluding hydrogens is 418 g/mol. The number of carboxylic acids is 1. The lowest BCUT2D eigenvalue weighted by Gasteiger charge is -2.15. The molecule has 0 aliphatic heterocycles. The Hall–Kier alpha value is -3.80. The van der Waals surface area contributed by atoms with Crippen LogP contribution >= 0.6 is 0 Å². The molecule has 0 aliphatic carbocycles. The number of aliphatic carboxylic acids is 1. The summed E-state index contributed by atoms with van der Waals surface area (Å²) in [5.74, 6) is 0.288. The van der Waals surface area contributed by atoms with Gasteiger partial charge in [0.05, 0.1) is 0 Å². The van der Waals surface area contributed by atoms with E-state index in [-0.39, 0.29) is 18.7 Å². The van der Waals surface area contributed by atoms with Crippen LogP contribution in [0, 0.1) is 0 Å². The highest BCUT2D eigenvalue weighted by molar-refractivity contribution is 5.76. The predicted octanol–water partition coefficient (Wildman–Crippen LogP) is 4.76. The second-order valence-corrected chi connectivity index (χ2v) is 7.68. The molecule has 6 heteroatoms. The highest BCUT2D eigenvalue weighted by atomic mass is 16.5. The van der Waals surface area contributed by atoms with Crippen LogP contribution < -0.4 is 14.8 Å². The molecule has 0 radical (unpaired) electrons. The summed E-state index contributed by atoms with van der Waals surface area (Å²) in [6.45, 7) is 1.33. The van der Waals surface area contributed by atoms with E-state index in [9.17, 15) is 9.59 Å². The van der Waals surface area contributed by atoms with Crippen molar-refractivity contribution in [2.75, 3.05) is 6.54 Å². The minimum atomic E-state index is -0.889. The molecule has 0 saturated carbocycles. The first-order valence-electron chi connectivity index (χ1n) is 11.0. The van der Waals surface area contributed by atoms with Crippen molar-refractivity contribution in [3.63, 3.8) is 0 Å². The predicted molar refractivity (Wildman–Crippen MR) is 126 cm³/mol. The third-order valence-corrected chi connectivity index (χ3v) is 5.01. The van der Waals surface area contributed by atoms with Gasteiger partial charge in [-0.25, -0.2) is 0 Å². The van der Waals surface area contributed by atoms with Gasteiger partial charge in [0.25, 0.3) is 0 Å². The van der Waals surface area contributed by atoms with Crippen LogP contribution in [-0.4, -0.2) is 23.5 Å². The smallest absolute Gasteiger partial charge is 0.303 e. The van der Waals surface area contributed by atoms with E-state index in [0.717, 1.165) is 16.7 Å². The van der Waals surface area contributed by atoms with Gasteiger partial charge < -0.3 is 19.9 Å². The lowest BCUT2D eigenvalue weighted by atomic mass is 10.1. The molecule has 0 heterocycles. The molecule has 0 aromatic heterocycles. The van der Waals surface area contributed by atoms with E-state index in [2.05, 4.69) is 5.32 Å². The number of amides is 1. The van der Waals surface area contributed by atoms with Gasteiger partial charge in [0.1, 0.15) is 13.2 Å². The zero-order chi connectivity index (χ0) is 23.3. The molecule has 33 heavy (non-hydrogen) atoms. The number of nitrogens with one attached hydrogen (secondary N) is 1. The van der Waals surface area contributed by atoms with Crippen molar-refractivity contribution in [3.05, 3.63) is 95.6 Å². The summed E-state index contributed by atoms with van der Waals surface area (Å²) in [6, 6.07) is 25.7. The Balaban J connectivity index is 1.59. The summed E-state index contributed by atoms with van der Waals surface area (Å²) in [4.78, 5) is 22.4. The monoisotopic (exact) mass is 447 g/mol. The maximum absolute atomic E-state index is 11.9. The number of hydrogen-bond donors (Lipinski definition) is 2. The Labute approximate surface area is 194 Å². The van der Waals surface area contributed by atoms with Crippen LogP contribution in [-0.2, 0) is 29.2 Å². The quantitative estimate of drug-likeness (QED) is 0.395. The van der Waals surface area contributed by atoms with Crippen LogP contribution in [0.2, 0.25) is 0 Å². The molecule has 0 spiro atoms. The average molecular weight is 448 g/mol.